The van der Waals surface area contributed by atoms with Crippen molar-refractivity contribution in [2.45, 2.75) is 13.0 Å². The summed E-state index contributed by atoms with van der Waals surface area (Å²) in [6.07, 6.45) is 0.991. The summed E-state index contributed by atoms with van der Waals surface area (Å²) in [5, 5.41) is 8.92. The summed E-state index contributed by atoms with van der Waals surface area (Å²) < 4.78 is 0. The normalized spacial score (nSPS) is 10.3. The van der Waals surface area contributed by atoms with E-state index in [9.17, 15) is 0 Å². The molecule has 80 valence electrons. The summed E-state index contributed by atoms with van der Waals surface area (Å²) in [4.78, 5) is 2.18. The van der Waals surface area contributed by atoms with Crippen LogP contribution in [0.15, 0.2) is 24.3 Å². The molecule has 0 aliphatic carbocycles. The van der Waals surface area contributed by atoms with Crippen LogP contribution >= 0.6 is 0 Å². The highest BCUT2D eigenvalue weighted by molar-refractivity contribution is 5.37. The summed E-state index contributed by atoms with van der Waals surface area (Å²) >= 11 is 0. The molecule has 3 heteroatoms. The summed E-state index contributed by atoms with van der Waals surface area (Å²) in [6.45, 7) is 2.49. The number of rotatable bonds is 5. The van der Waals surface area contributed by atoms with Crippen LogP contribution in [0.5, 0.6) is 0 Å². The van der Waals surface area contributed by atoms with Crippen LogP contribution in [0.4, 0.5) is 0 Å². The van der Waals surface area contributed by atoms with Crippen molar-refractivity contribution in [1.82, 2.24) is 4.90 Å². The van der Waals surface area contributed by atoms with E-state index in [1.54, 1.807) is 0 Å². The maximum atomic E-state index is 8.92. The van der Waals surface area contributed by atoms with Crippen molar-refractivity contribution in [1.29, 1.82) is 5.26 Å². The topological polar surface area (TPSA) is 53.0 Å². The second-order valence-corrected chi connectivity index (χ2v) is 3.65. The number of nitrogens with two attached hydrogens (primary N) is 1. The van der Waals surface area contributed by atoms with E-state index in [4.69, 9.17) is 11.0 Å². The fourth-order valence-corrected chi connectivity index (χ4v) is 1.50. The van der Waals surface area contributed by atoms with E-state index >= 15 is 0 Å². The number of nitriles is 1. The van der Waals surface area contributed by atoms with Crippen LogP contribution in [-0.2, 0) is 6.54 Å². The van der Waals surface area contributed by atoms with E-state index in [0.29, 0.717) is 6.54 Å². The van der Waals surface area contributed by atoms with Gasteiger partial charge in [0, 0.05) is 6.54 Å². The van der Waals surface area contributed by atoms with Gasteiger partial charge in [0.15, 0.2) is 0 Å². The third-order valence-electron chi connectivity index (χ3n) is 2.32. The van der Waals surface area contributed by atoms with Gasteiger partial charge in [-0.1, -0.05) is 18.2 Å². The first-order valence-corrected chi connectivity index (χ1v) is 5.14. The minimum absolute atomic E-state index is 0.713. The molecule has 1 aromatic carbocycles. The van der Waals surface area contributed by atoms with Gasteiger partial charge in [-0.25, -0.2) is 0 Å². The molecule has 2 N–H and O–H groups in total. The van der Waals surface area contributed by atoms with Gasteiger partial charge >= 0.3 is 0 Å². The smallest absolute Gasteiger partial charge is 0.0995 e. The Hall–Kier alpha value is -1.37. The molecular weight excluding hydrogens is 186 g/mol. The number of hydrogen-bond donors (Lipinski definition) is 1. The van der Waals surface area contributed by atoms with Gasteiger partial charge < -0.3 is 10.6 Å². The standard InChI is InChI=1S/C12H17N3/c1-15(8-4-7-13)10-12-6-3-2-5-11(12)9-14/h2-3,5-6H,4,7-8,10,13H2,1H3. The van der Waals surface area contributed by atoms with Crippen LogP contribution in [-0.4, -0.2) is 25.0 Å². The molecule has 0 spiro atoms. The zero-order valence-electron chi connectivity index (χ0n) is 9.11. The van der Waals surface area contributed by atoms with E-state index in [2.05, 4.69) is 11.0 Å². The third kappa shape index (κ3) is 3.70. The van der Waals surface area contributed by atoms with Crippen LogP contribution in [0.25, 0.3) is 0 Å². The molecule has 0 bridgehead atoms. The molecule has 0 heterocycles. The van der Waals surface area contributed by atoms with Gasteiger partial charge in [-0.05, 0) is 38.2 Å². The molecule has 0 radical (unpaired) electrons. The van der Waals surface area contributed by atoms with E-state index < -0.39 is 0 Å². The number of benzene rings is 1. The van der Waals surface area contributed by atoms with Crippen LogP contribution in [0.2, 0.25) is 0 Å². The molecule has 0 aromatic heterocycles. The molecule has 0 amide bonds. The first-order valence-electron chi connectivity index (χ1n) is 5.14. The predicted octanol–water partition coefficient (Wildman–Crippen LogP) is 1.34. The van der Waals surface area contributed by atoms with E-state index in [1.165, 1.54) is 0 Å². The minimum Gasteiger partial charge on any atom is -0.330 e. The molecule has 0 aliphatic heterocycles. The lowest BCUT2D eigenvalue weighted by molar-refractivity contribution is 0.324. The van der Waals surface area contributed by atoms with Gasteiger partial charge in [0.05, 0.1) is 11.6 Å². The van der Waals surface area contributed by atoms with Crippen molar-refractivity contribution in [3.63, 3.8) is 0 Å². The minimum atomic E-state index is 0.713. The Bertz CT molecular complexity index is 341. The van der Waals surface area contributed by atoms with Gasteiger partial charge in [0.2, 0.25) is 0 Å². The molecule has 0 unspecified atom stereocenters. The molecule has 0 saturated heterocycles. The highest BCUT2D eigenvalue weighted by Gasteiger charge is 2.03. The number of nitrogens with zero attached hydrogens (tertiary/aromatic N) is 2. The maximum Gasteiger partial charge on any atom is 0.0995 e. The van der Waals surface area contributed by atoms with Crippen molar-refractivity contribution < 1.29 is 0 Å². The Kier molecular flexibility index (Phi) is 4.82. The first kappa shape index (κ1) is 11.7. The highest BCUT2D eigenvalue weighted by Crippen LogP contribution is 2.09. The van der Waals surface area contributed by atoms with Crippen molar-refractivity contribution in [3.8, 4) is 6.07 Å². The van der Waals surface area contributed by atoms with Gasteiger partial charge in [0.1, 0.15) is 0 Å². The van der Waals surface area contributed by atoms with E-state index in [0.717, 1.165) is 30.6 Å². The van der Waals surface area contributed by atoms with Gasteiger partial charge in [-0.15, -0.1) is 0 Å². The van der Waals surface area contributed by atoms with E-state index in [1.807, 2.05) is 31.3 Å². The Morgan fingerprint density at radius 1 is 1.40 bits per heavy atom. The third-order valence-corrected chi connectivity index (χ3v) is 2.32. The summed E-state index contributed by atoms with van der Waals surface area (Å²) in [7, 11) is 2.05. The molecule has 3 nitrogen and oxygen atoms in total. The summed E-state index contributed by atoms with van der Waals surface area (Å²) in [5.74, 6) is 0. The zero-order valence-corrected chi connectivity index (χ0v) is 9.11. The van der Waals surface area contributed by atoms with Crippen LogP contribution in [0.1, 0.15) is 17.5 Å². The highest BCUT2D eigenvalue weighted by atomic mass is 15.1. The summed E-state index contributed by atoms with van der Waals surface area (Å²) in [6, 6.07) is 9.91. The monoisotopic (exact) mass is 203 g/mol. The molecule has 1 aromatic rings. The lowest BCUT2D eigenvalue weighted by atomic mass is 10.1. The number of hydrogen-bond acceptors (Lipinski definition) is 3. The second kappa shape index (κ2) is 6.18. The van der Waals surface area contributed by atoms with Crippen molar-refractivity contribution in [2.75, 3.05) is 20.1 Å². The summed E-state index contributed by atoms with van der Waals surface area (Å²) in [5.41, 5.74) is 7.29. The Morgan fingerprint density at radius 3 is 2.80 bits per heavy atom. The maximum absolute atomic E-state index is 8.92. The lowest BCUT2D eigenvalue weighted by Crippen LogP contribution is -2.21. The Labute approximate surface area is 91.1 Å². The fraction of sp³-hybridized carbons (Fsp3) is 0.417. The zero-order chi connectivity index (χ0) is 11.1. The van der Waals surface area contributed by atoms with Gasteiger partial charge in [-0.3, -0.25) is 0 Å². The fourth-order valence-electron chi connectivity index (χ4n) is 1.50. The average Bonchev–Trinajstić information content (AvgIpc) is 2.27. The molecule has 0 aliphatic rings. The average molecular weight is 203 g/mol. The SMILES string of the molecule is CN(CCCN)Cc1ccccc1C#N. The van der Waals surface area contributed by atoms with E-state index in [-0.39, 0.29) is 0 Å². The predicted molar refractivity (Wildman–Crippen MR) is 61.2 cm³/mol. The Balaban J connectivity index is 2.60. The second-order valence-electron chi connectivity index (χ2n) is 3.65. The molecular formula is C12H17N3. The van der Waals surface area contributed by atoms with Crippen LogP contribution in [0, 0.1) is 11.3 Å². The van der Waals surface area contributed by atoms with Crippen LogP contribution < -0.4 is 5.73 Å². The largest absolute Gasteiger partial charge is 0.330 e. The quantitative estimate of drug-likeness (QED) is 0.785. The van der Waals surface area contributed by atoms with Crippen LogP contribution in [0.3, 0.4) is 0 Å². The molecule has 0 saturated carbocycles. The molecule has 0 atom stereocenters. The molecule has 1 rings (SSSR count). The lowest BCUT2D eigenvalue weighted by Gasteiger charge is -2.16. The first-order chi connectivity index (χ1) is 7.27. The van der Waals surface area contributed by atoms with Crippen molar-refractivity contribution in [3.05, 3.63) is 35.4 Å². The molecule has 0 fully saturated rings. The Morgan fingerprint density at radius 2 is 2.13 bits per heavy atom. The molecule has 15 heavy (non-hydrogen) atoms. The van der Waals surface area contributed by atoms with Gasteiger partial charge in [-0.2, -0.15) is 5.26 Å². The van der Waals surface area contributed by atoms with Crippen molar-refractivity contribution >= 4 is 0 Å². The van der Waals surface area contributed by atoms with Gasteiger partial charge in [0.25, 0.3) is 0 Å². The van der Waals surface area contributed by atoms with Crippen molar-refractivity contribution in [2.24, 2.45) is 5.73 Å².